The van der Waals surface area contributed by atoms with Crippen LogP contribution in [0.2, 0.25) is 0 Å². The maximum Gasteiger partial charge on any atom is 0.0547 e. The highest BCUT2D eigenvalue weighted by molar-refractivity contribution is 7.25. The van der Waals surface area contributed by atoms with E-state index >= 15 is 0 Å². The second-order valence-corrected chi connectivity index (χ2v) is 19.3. The van der Waals surface area contributed by atoms with Gasteiger partial charge in [0, 0.05) is 53.6 Å². The van der Waals surface area contributed by atoms with Crippen molar-refractivity contribution in [3.05, 3.63) is 230 Å². The molecule has 10 aromatic carbocycles. The molecule has 3 heteroatoms. The topological polar surface area (TPSA) is 8.17 Å². The van der Waals surface area contributed by atoms with E-state index in [9.17, 15) is 0 Å². The van der Waals surface area contributed by atoms with E-state index in [1.54, 1.807) is 0 Å². The molecule has 1 aliphatic rings. The summed E-state index contributed by atoms with van der Waals surface area (Å²) in [5.41, 5.74) is 15.8. The maximum atomic E-state index is 2.49. The first-order chi connectivity index (χ1) is 33.2. The molecule has 12 aromatic rings. The first-order valence-electron chi connectivity index (χ1n) is 23.9. The largest absolute Gasteiger partial charge is 0.310 e. The number of para-hydroxylation sites is 3. The molecule has 320 valence electrons. The van der Waals surface area contributed by atoms with Crippen LogP contribution in [-0.2, 0) is 0 Å². The number of nitrogens with zero attached hydrogens (tertiary/aromatic N) is 2. The molecule has 2 heterocycles. The van der Waals surface area contributed by atoms with E-state index in [0.717, 1.165) is 22.7 Å². The number of rotatable bonds is 8. The lowest BCUT2D eigenvalue weighted by Crippen LogP contribution is -2.11. The van der Waals surface area contributed by atoms with Gasteiger partial charge < -0.3 is 9.47 Å². The van der Waals surface area contributed by atoms with Gasteiger partial charge in [0.05, 0.1) is 16.7 Å². The molecular weight excluding hydrogens is 829 g/mol. The maximum absolute atomic E-state index is 2.49. The quantitative estimate of drug-likeness (QED) is 0.148. The number of anilines is 3. The highest BCUT2D eigenvalue weighted by Crippen LogP contribution is 2.47. The Balaban J connectivity index is 0.994. The van der Waals surface area contributed by atoms with Gasteiger partial charge in [-0.1, -0.05) is 177 Å². The Morgan fingerprint density at radius 1 is 0.403 bits per heavy atom. The number of thiophene rings is 1. The Labute approximate surface area is 395 Å². The SMILES string of the molecule is c1ccc(-n2c3ccccc3c3ccc(-c4cccc(N(c5ccc(-c6cccc7sc8ccccc8c67)cc5)c5ccccc5-c5cccc6cccc(C7CCCCC7)c56)c4)cc32)cc1. The molecule has 0 aliphatic heterocycles. The van der Waals surface area contributed by atoms with E-state index in [-0.39, 0.29) is 0 Å². The van der Waals surface area contributed by atoms with Gasteiger partial charge in [-0.05, 0) is 130 Å². The summed E-state index contributed by atoms with van der Waals surface area (Å²) in [5.74, 6) is 0.578. The van der Waals surface area contributed by atoms with Crippen molar-refractivity contribution in [3.63, 3.8) is 0 Å². The zero-order chi connectivity index (χ0) is 44.3. The van der Waals surface area contributed by atoms with Gasteiger partial charge in [0.25, 0.3) is 0 Å². The van der Waals surface area contributed by atoms with Gasteiger partial charge in [0.1, 0.15) is 0 Å². The van der Waals surface area contributed by atoms with Crippen molar-refractivity contribution in [2.75, 3.05) is 4.90 Å². The highest BCUT2D eigenvalue weighted by atomic mass is 32.1. The van der Waals surface area contributed by atoms with Crippen LogP contribution in [0.25, 0.3) is 91.8 Å². The summed E-state index contributed by atoms with van der Waals surface area (Å²) in [6.07, 6.45) is 6.46. The molecule has 13 rings (SSSR count). The molecule has 0 bridgehead atoms. The van der Waals surface area contributed by atoms with Gasteiger partial charge >= 0.3 is 0 Å². The predicted molar refractivity (Wildman–Crippen MR) is 288 cm³/mol. The second kappa shape index (κ2) is 16.6. The number of benzene rings is 10. The minimum atomic E-state index is 0.578. The van der Waals surface area contributed by atoms with E-state index in [4.69, 9.17) is 0 Å². The minimum Gasteiger partial charge on any atom is -0.310 e. The normalized spacial score (nSPS) is 13.3. The fourth-order valence-electron chi connectivity index (χ4n) is 11.3. The van der Waals surface area contributed by atoms with Crippen molar-refractivity contribution in [1.82, 2.24) is 4.57 Å². The van der Waals surface area contributed by atoms with Crippen LogP contribution in [-0.4, -0.2) is 4.57 Å². The molecule has 0 saturated heterocycles. The van der Waals surface area contributed by atoms with E-state index in [1.807, 2.05) is 11.3 Å². The third-order valence-corrected chi connectivity index (χ3v) is 15.5. The summed E-state index contributed by atoms with van der Waals surface area (Å²) in [6, 6.07) is 83.5. The van der Waals surface area contributed by atoms with Crippen LogP contribution in [0.15, 0.2) is 224 Å². The molecule has 0 amide bonds. The number of fused-ring (bicyclic) bond motifs is 7. The Bertz CT molecular complexity index is 3790. The third-order valence-electron chi connectivity index (χ3n) is 14.4. The van der Waals surface area contributed by atoms with Crippen LogP contribution in [0.5, 0.6) is 0 Å². The average molecular weight is 877 g/mol. The molecule has 1 fully saturated rings. The van der Waals surface area contributed by atoms with Crippen LogP contribution < -0.4 is 4.90 Å². The first kappa shape index (κ1) is 39.6. The zero-order valence-corrected chi connectivity index (χ0v) is 38.1. The van der Waals surface area contributed by atoms with Crippen LogP contribution >= 0.6 is 11.3 Å². The van der Waals surface area contributed by atoms with Crippen molar-refractivity contribution in [2.24, 2.45) is 0 Å². The molecule has 1 aliphatic carbocycles. The van der Waals surface area contributed by atoms with Crippen LogP contribution in [0.1, 0.15) is 43.6 Å². The summed E-state index contributed by atoms with van der Waals surface area (Å²) < 4.78 is 5.05. The smallest absolute Gasteiger partial charge is 0.0547 e. The van der Waals surface area contributed by atoms with Crippen LogP contribution in [0.3, 0.4) is 0 Å². The molecule has 0 N–H and O–H groups in total. The van der Waals surface area contributed by atoms with Gasteiger partial charge in [-0.2, -0.15) is 0 Å². The van der Waals surface area contributed by atoms with Crippen molar-refractivity contribution in [1.29, 1.82) is 0 Å². The predicted octanol–water partition coefficient (Wildman–Crippen LogP) is 18.8. The molecule has 0 radical (unpaired) electrons. The summed E-state index contributed by atoms with van der Waals surface area (Å²) in [7, 11) is 0. The van der Waals surface area contributed by atoms with E-state index < -0.39 is 0 Å². The summed E-state index contributed by atoms with van der Waals surface area (Å²) in [6.45, 7) is 0. The number of hydrogen-bond acceptors (Lipinski definition) is 2. The van der Waals surface area contributed by atoms with Gasteiger partial charge in [0.15, 0.2) is 0 Å². The van der Waals surface area contributed by atoms with Gasteiger partial charge in [-0.25, -0.2) is 0 Å². The average Bonchev–Trinajstić information content (AvgIpc) is 3.95. The highest BCUT2D eigenvalue weighted by Gasteiger charge is 2.24. The molecular formula is C64H48N2S. The third kappa shape index (κ3) is 6.84. The van der Waals surface area contributed by atoms with Gasteiger partial charge in [0.2, 0.25) is 0 Å². The van der Waals surface area contributed by atoms with Crippen molar-refractivity contribution in [2.45, 2.75) is 38.0 Å². The monoisotopic (exact) mass is 876 g/mol. The van der Waals surface area contributed by atoms with Crippen molar-refractivity contribution >= 4 is 81.1 Å². The number of hydrogen-bond donors (Lipinski definition) is 0. The van der Waals surface area contributed by atoms with Gasteiger partial charge in [-0.15, -0.1) is 11.3 Å². The lowest BCUT2D eigenvalue weighted by atomic mass is 9.80. The standard InChI is InChI=1S/C64H48N2S/c1-3-17-43(18-4-1)51-28-14-19-45-20-15-30-56(63(45)51)54-26-8-10-31-58(54)65(49-38-35-44(36-39-49)52-29-16-34-62-64(52)57-27-9-12-33-61(57)67-62)50-24-13-21-46(41-50)47-37-40-55-53-25-7-11-32-59(53)66(60(55)42-47)48-22-5-2-6-23-48/h2,5-16,19-43H,1,3-4,17-18H2. The van der Waals surface area contributed by atoms with E-state index in [0.29, 0.717) is 5.92 Å². The summed E-state index contributed by atoms with van der Waals surface area (Å²) in [4.78, 5) is 2.49. The van der Waals surface area contributed by atoms with Crippen molar-refractivity contribution in [3.8, 4) is 39.1 Å². The molecule has 0 spiro atoms. The molecule has 1 saturated carbocycles. The molecule has 67 heavy (non-hydrogen) atoms. The Kier molecular flexibility index (Phi) is 9.83. The fourth-order valence-corrected chi connectivity index (χ4v) is 12.4. The van der Waals surface area contributed by atoms with E-state index in [1.165, 1.54) is 124 Å². The molecule has 2 aromatic heterocycles. The Hall–Kier alpha value is -7.72. The molecule has 2 nitrogen and oxygen atoms in total. The Morgan fingerprint density at radius 2 is 1.06 bits per heavy atom. The minimum absolute atomic E-state index is 0.578. The summed E-state index contributed by atoms with van der Waals surface area (Å²) in [5, 5.41) is 7.87. The van der Waals surface area contributed by atoms with Crippen LogP contribution in [0, 0.1) is 0 Å². The Morgan fingerprint density at radius 3 is 1.94 bits per heavy atom. The van der Waals surface area contributed by atoms with Crippen molar-refractivity contribution < 1.29 is 0 Å². The lowest BCUT2D eigenvalue weighted by Gasteiger charge is -2.29. The zero-order valence-electron chi connectivity index (χ0n) is 37.3. The second-order valence-electron chi connectivity index (χ2n) is 18.2. The lowest BCUT2D eigenvalue weighted by molar-refractivity contribution is 0.445. The molecule has 0 unspecified atom stereocenters. The fraction of sp³-hybridized carbons (Fsp3) is 0.0938. The number of aromatic nitrogens is 1. The van der Waals surface area contributed by atoms with E-state index in [2.05, 4.69) is 234 Å². The van der Waals surface area contributed by atoms with Crippen LogP contribution in [0.4, 0.5) is 17.1 Å². The summed E-state index contributed by atoms with van der Waals surface area (Å²) >= 11 is 1.87. The van der Waals surface area contributed by atoms with Gasteiger partial charge in [-0.3, -0.25) is 0 Å². The molecule has 0 atom stereocenters. The first-order valence-corrected chi connectivity index (χ1v) is 24.7.